The van der Waals surface area contributed by atoms with Crippen molar-refractivity contribution in [1.29, 1.82) is 0 Å². The van der Waals surface area contributed by atoms with Crippen LogP contribution in [-0.2, 0) is 4.79 Å². The molecule has 1 N–H and O–H groups in total. The zero-order valence-corrected chi connectivity index (χ0v) is 12.9. The lowest BCUT2D eigenvalue weighted by atomic mass is 10.1. The summed E-state index contributed by atoms with van der Waals surface area (Å²) in [7, 11) is 0. The molecule has 19 heavy (non-hydrogen) atoms. The third kappa shape index (κ3) is 3.00. The van der Waals surface area contributed by atoms with E-state index in [9.17, 15) is 4.79 Å². The number of carbonyl (C=O) groups excluding carboxylic acids is 1. The highest BCUT2D eigenvalue weighted by molar-refractivity contribution is 7.07. The lowest BCUT2D eigenvalue weighted by molar-refractivity contribution is -0.132. The van der Waals surface area contributed by atoms with E-state index in [1.165, 1.54) is 18.4 Å². The van der Waals surface area contributed by atoms with Gasteiger partial charge >= 0.3 is 0 Å². The molecular formula is C15H24N2OS. The molecular weight excluding hydrogens is 256 g/mol. The molecule has 3 nitrogen and oxygen atoms in total. The van der Waals surface area contributed by atoms with Gasteiger partial charge in [0.05, 0.1) is 6.04 Å². The molecule has 1 aliphatic rings. The number of hydrogen-bond donors (Lipinski definition) is 1. The van der Waals surface area contributed by atoms with Gasteiger partial charge in [0, 0.05) is 6.04 Å². The van der Waals surface area contributed by atoms with Crippen LogP contribution in [0.25, 0.3) is 0 Å². The lowest BCUT2D eigenvalue weighted by Crippen LogP contribution is -2.38. The van der Waals surface area contributed by atoms with E-state index < -0.39 is 0 Å². The Labute approximate surface area is 120 Å². The topological polar surface area (TPSA) is 32.3 Å². The van der Waals surface area contributed by atoms with Crippen molar-refractivity contribution in [2.75, 3.05) is 0 Å². The minimum absolute atomic E-state index is 0.0195. The minimum Gasteiger partial charge on any atom is -0.319 e. The Bertz CT molecular complexity index is 404. The molecule has 0 spiro atoms. The number of rotatable bonds is 6. The molecule has 1 aromatic heterocycles. The predicted octanol–water partition coefficient (Wildman–Crippen LogP) is 3.54. The number of hydrogen-bond acceptors (Lipinski definition) is 3. The molecule has 0 bridgehead atoms. The molecule has 0 radical (unpaired) electrons. The van der Waals surface area contributed by atoms with E-state index in [1.807, 2.05) is 0 Å². The van der Waals surface area contributed by atoms with Gasteiger partial charge in [-0.2, -0.15) is 11.3 Å². The Kier molecular flexibility index (Phi) is 4.99. The standard InChI is InChI=1S/C15H24N2OS/c1-4-6-7-11(3)17-14(12-8-9-19-10-12)16-13(5-2)15(17)18/h8-11,13-14,16H,4-7H2,1-3H3. The molecule has 2 heterocycles. The molecule has 1 amide bonds. The van der Waals surface area contributed by atoms with Crippen LogP contribution in [0.5, 0.6) is 0 Å². The normalized spacial score (nSPS) is 25.0. The van der Waals surface area contributed by atoms with Crippen LogP contribution in [0.1, 0.15) is 58.2 Å². The highest BCUT2D eigenvalue weighted by atomic mass is 32.1. The zero-order valence-electron chi connectivity index (χ0n) is 12.1. The van der Waals surface area contributed by atoms with Crippen LogP contribution in [0.2, 0.25) is 0 Å². The minimum atomic E-state index is -0.0195. The third-order valence-electron chi connectivity index (χ3n) is 3.91. The van der Waals surface area contributed by atoms with Crippen LogP contribution in [0.4, 0.5) is 0 Å². The van der Waals surface area contributed by atoms with Gasteiger partial charge in [0.15, 0.2) is 0 Å². The quantitative estimate of drug-likeness (QED) is 0.864. The van der Waals surface area contributed by atoms with Crippen LogP contribution in [-0.4, -0.2) is 22.9 Å². The van der Waals surface area contributed by atoms with Crippen LogP contribution in [0.15, 0.2) is 16.8 Å². The van der Waals surface area contributed by atoms with Crippen molar-refractivity contribution < 1.29 is 4.79 Å². The number of amides is 1. The van der Waals surface area contributed by atoms with E-state index in [0.29, 0.717) is 6.04 Å². The van der Waals surface area contributed by atoms with Crippen molar-refractivity contribution in [3.63, 3.8) is 0 Å². The summed E-state index contributed by atoms with van der Waals surface area (Å²) >= 11 is 1.69. The highest BCUT2D eigenvalue weighted by Crippen LogP contribution is 2.31. The summed E-state index contributed by atoms with van der Waals surface area (Å²) < 4.78 is 0. The summed E-state index contributed by atoms with van der Waals surface area (Å²) in [4.78, 5) is 14.6. The van der Waals surface area contributed by atoms with Gasteiger partial charge in [0.25, 0.3) is 0 Å². The molecule has 3 atom stereocenters. The van der Waals surface area contributed by atoms with Crippen molar-refractivity contribution >= 4 is 17.2 Å². The summed E-state index contributed by atoms with van der Waals surface area (Å²) in [5.74, 6) is 0.266. The smallest absolute Gasteiger partial charge is 0.241 e. The third-order valence-corrected chi connectivity index (χ3v) is 4.61. The first-order valence-electron chi connectivity index (χ1n) is 7.29. The number of carbonyl (C=O) groups is 1. The second-order valence-corrected chi connectivity index (χ2v) is 6.10. The van der Waals surface area contributed by atoms with Crippen molar-refractivity contribution in [3.05, 3.63) is 22.4 Å². The monoisotopic (exact) mass is 280 g/mol. The van der Waals surface area contributed by atoms with Crippen molar-refractivity contribution in [3.8, 4) is 0 Å². The van der Waals surface area contributed by atoms with Crippen LogP contribution >= 0.6 is 11.3 Å². The first-order chi connectivity index (χ1) is 9.19. The molecule has 2 rings (SSSR count). The van der Waals surface area contributed by atoms with Crippen molar-refractivity contribution in [2.45, 2.75) is 64.7 Å². The average Bonchev–Trinajstić information content (AvgIpc) is 3.03. The summed E-state index contributed by atoms with van der Waals surface area (Å²) in [5.41, 5.74) is 1.22. The summed E-state index contributed by atoms with van der Waals surface area (Å²) in [6.07, 6.45) is 4.37. The van der Waals surface area contributed by atoms with E-state index in [1.54, 1.807) is 11.3 Å². The van der Waals surface area contributed by atoms with Crippen molar-refractivity contribution in [1.82, 2.24) is 10.2 Å². The van der Waals surface area contributed by atoms with Gasteiger partial charge in [-0.15, -0.1) is 0 Å². The largest absolute Gasteiger partial charge is 0.319 e. The molecule has 1 aliphatic heterocycles. The molecule has 1 aromatic rings. The maximum atomic E-state index is 12.5. The molecule has 0 saturated carbocycles. The number of thiophene rings is 1. The lowest BCUT2D eigenvalue weighted by Gasteiger charge is -2.30. The van der Waals surface area contributed by atoms with E-state index in [4.69, 9.17) is 0 Å². The maximum Gasteiger partial charge on any atom is 0.241 e. The molecule has 1 saturated heterocycles. The van der Waals surface area contributed by atoms with Crippen LogP contribution in [0, 0.1) is 0 Å². The van der Waals surface area contributed by atoms with Gasteiger partial charge in [-0.3, -0.25) is 10.1 Å². The number of unbranched alkanes of at least 4 members (excludes halogenated alkanes) is 1. The maximum absolute atomic E-state index is 12.5. The van der Waals surface area contributed by atoms with Gasteiger partial charge in [-0.05, 0) is 42.2 Å². The molecule has 1 fully saturated rings. The number of nitrogens with one attached hydrogen (secondary N) is 1. The first-order valence-corrected chi connectivity index (χ1v) is 8.23. The van der Waals surface area contributed by atoms with Gasteiger partial charge in [-0.1, -0.05) is 26.7 Å². The van der Waals surface area contributed by atoms with E-state index >= 15 is 0 Å². The van der Waals surface area contributed by atoms with Crippen molar-refractivity contribution in [2.24, 2.45) is 0 Å². The van der Waals surface area contributed by atoms with Gasteiger partial charge in [0.2, 0.25) is 5.91 Å². The average molecular weight is 280 g/mol. The van der Waals surface area contributed by atoms with Crippen LogP contribution < -0.4 is 5.32 Å². The van der Waals surface area contributed by atoms with Gasteiger partial charge < -0.3 is 4.90 Å². The first kappa shape index (κ1) is 14.5. The molecule has 4 heteroatoms. The molecule has 3 unspecified atom stereocenters. The van der Waals surface area contributed by atoms with Gasteiger partial charge in [0.1, 0.15) is 6.17 Å². The zero-order chi connectivity index (χ0) is 13.8. The molecule has 0 aromatic carbocycles. The van der Waals surface area contributed by atoms with E-state index in [2.05, 4.69) is 47.8 Å². The van der Waals surface area contributed by atoms with E-state index in [0.717, 1.165) is 12.8 Å². The molecule has 106 valence electrons. The fourth-order valence-corrected chi connectivity index (χ4v) is 3.42. The Balaban J connectivity index is 2.17. The Morgan fingerprint density at radius 3 is 2.84 bits per heavy atom. The highest BCUT2D eigenvalue weighted by Gasteiger charge is 2.40. The fourth-order valence-electron chi connectivity index (χ4n) is 2.74. The van der Waals surface area contributed by atoms with E-state index in [-0.39, 0.29) is 18.1 Å². The van der Waals surface area contributed by atoms with Gasteiger partial charge in [-0.25, -0.2) is 0 Å². The van der Waals surface area contributed by atoms with Crippen LogP contribution in [0.3, 0.4) is 0 Å². The summed E-state index contributed by atoms with van der Waals surface area (Å²) in [5, 5.41) is 7.70. The Morgan fingerprint density at radius 2 is 2.26 bits per heavy atom. The fraction of sp³-hybridized carbons (Fsp3) is 0.667. The summed E-state index contributed by atoms with van der Waals surface area (Å²) in [6.45, 7) is 6.44. The molecule has 0 aliphatic carbocycles. The Hall–Kier alpha value is -0.870. The number of nitrogens with zero attached hydrogens (tertiary/aromatic N) is 1. The SMILES string of the molecule is CCCCC(C)N1C(=O)C(CC)NC1c1ccsc1. The second-order valence-electron chi connectivity index (χ2n) is 5.32. The second kappa shape index (κ2) is 6.53. The summed E-state index contributed by atoms with van der Waals surface area (Å²) in [6, 6.07) is 2.41. The predicted molar refractivity (Wildman–Crippen MR) is 80.1 cm³/mol. The Morgan fingerprint density at radius 1 is 1.47 bits per heavy atom.